The lowest BCUT2D eigenvalue weighted by atomic mass is 10.0. The number of hydrazone groups is 1. The van der Waals surface area contributed by atoms with Crippen LogP contribution >= 0.6 is 0 Å². The molecule has 0 radical (unpaired) electrons. The average molecular weight is 304 g/mol. The highest BCUT2D eigenvalue weighted by Crippen LogP contribution is 2.11. The zero-order valence-electron chi connectivity index (χ0n) is 12.7. The Morgan fingerprint density at radius 3 is 1.96 bits per heavy atom. The second-order valence-electron chi connectivity index (χ2n) is 5.07. The minimum absolute atomic E-state index is 0.272. The van der Waals surface area contributed by atoms with Crippen LogP contribution in [0.3, 0.4) is 0 Å². The molecule has 1 N–H and O–H groups in total. The number of nitrogens with zero attached hydrogens (tertiary/aromatic N) is 1. The van der Waals surface area contributed by atoms with Crippen LogP contribution in [0.2, 0.25) is 0 Å². The second-order valence-corrected chi connectivity index (χ2v) is 5.07. The van der Waals surface area contributed by atoms with Gasteiger partial charge in [0.2, 0.25) is 0 Å². The molecule has 23 heavy (non-hydrogen) atoms. The van der Waals surface area contributed by atoms with Crippen LogP contribution in [0, 0.1) is 6.92 Å². The SMILES string of the molecule is Cc1ccoc1C(=O)NN=C(c1ccccc1)c1ccccc1. The normalized spacial score (nSPS) is 10.1. The van der Waals surface area contributed by atoms with Gasteiger partial charge >= 0.3 is 5.91 Å². The number of hydrogen-bond donors (Lipinski definition) is 1. The minimum Gasteiger partial charge on any atom is -0.459 e. The van der Waals surface area contributed by atoms with E-state index in [0.717, 1.165) is 16.7 Å². The third-order valence-corrected chi connectivity index (χ3v) is 3.43. The van der Waals surface area contributed by atoms with Crippen molar-refractivity contribution in [3.05, 3.63) is 95.4 Å². The van der Waals surface area contributed by atoms with Gasteiger partial charge in [0.25, 0.3) is 0 Å². The topological polar surface area (TPSA) is 54.6 Å². The zero-order chi connectivity index (χ0) is 16.1. The van der Waals surface area contributed by atoms with E-state index in [-0.39, 0.29) is 11.7 Å². The molecule has 1 aromatic heterocycles. The molecule has 0 aliphatic heterocycles. The number of rotatable bonds is 4. The van der Waals surface area contributed by atoms with E-state index in [9.17, 15) is 4.79 Å². The summed E-state index contributed by atoms with van der Waals surface area (Å²) in [6.45, 7) is 1.82. The zero-order valence-corrected chi connectivity index (χ0v) is 12.7. The van der Waals surface area contributed by atoms with E-state index in [1.165, 1.54) is 6.26 Å². The highest BCUT2D eigenvalue weighted by Gasteiger charge is 2.13. The molecular weight excluding hydrogens is 288 g/mol. The Bertz CT molecular complexity index is 779. The average Bonchev–Trinajstić information content (AvgIpc) is 3.03. The van der Waals surface area contributed by atoms with Crippen LogP contribution in [0.1, 0.15) is 27.2 Å². The molecule has 0 saturated carbocycles. The van der Waals surface area contributed by atoms with Gasteiger partial charge in [-0.05, 0) is 13.0 Å². The number of hydrogen-bond acceptors (Lipinski definition) is 3. The van der Waals surface area contributed by atoms with Gasteiger partial charge in [0.1, 0.15) is 0 Å². The fourth-order valence-corrected chi connectivity index (χ4v) is 2.25. The number of aryl methyl sites for hydroxylation is 1. The molecule has 0 spiro atoms. The summed E-state index contributed by atoms with van der Waals surface area (Å²) in [4.78, 5) is 12.2. The van der Waals surface area contributed by atoms with Crippen LogP contribution in [0.5, 0.6) is 0 Å². The van der Waals surface area contributed by atoms with E-state index in [1.807, 2.05) is 67.6 Å². The number of carbonyl (C=O) groups is 1. The summed E-state index contributed by atoms with van der Waals surface area (Å²) in [6, 6.07) is 21.2. The van der Waals surface area contributed by atoms with Crippen molar-refractivity contribution in [2.75, 3.05) is 0 Å². The minimum atomic E-state index is -0.364. The number of nitrogens with one attached hydrogen (secondary N) is 1. The molecule has 0 aliphatic rings. The van der Waals surface area contributed by atoms with E-state index in [2.05, 4.69) is 10.5 Å². The van der Waals surface area contributed by atoms with E-state index in [4.69, 9.17) is 4.42 Å². The summed E-state index contributed by atoms with van der Waals surface area (Å²) in [7, 11) is 0. The van der Waals surface area contributed by atoms with Crippen molar-refractivity contribution >= 4 is 11.6 Å². The second kappa shape index (κ2) is 6.75. The van der Waals surface area contributed by atoms with Crippen LogP contribution in [0.25, 0.3) is 0 Å². The molecule has 0 saturated heterocycles. The lowest BCUT2D eigenvalue weighted by molar-refractivity contribution is 0.0926. The van der Waals surface area contributed by atoms with Gasteiger partial charge < -0.3 is 4.42 Å². The fraction of sp³-hybridized carbons (Fsp3) is 0.0526. The monoisotopic (exact) mass is 304 g/mol. The Hall–Kier alpha value is -3.14. The van der Waals surface area contributed by atoms with Gasteiger partial charge in [-0.15, -0.1) is 0 Å². The summed E-state index contributed by atoms with van der Waals surface area (Å²) in [5, 5.41) is 4.32. The highest BCUT2D eigenvalue weighted by molar-refractivity contribution is 6.13. The maximum absolute atomic E-state index is 12.2. The van der Waals surface area contributed by atoms with Crippen LogP contribution < -0.4 is 5.43 Å². The Balaban J connectivity index is 1.93. The van der Waals surface area contributed by atoms with Crippen LogP contribution in [-0.4, -0.2) is 11.6 Å². The number of amides is 1. The third kappa shape index (κ3) is 3.37. The highest BCUT2D eigenvalue weighted by atomic mass is 16.3. The van der Waals surface area contributed by atoms with Gasteiger partial charge in [0.05, 0.1) is 12.0 Å². The van der Waals surface area contributed by atoms with E-state index in [0.29, 0.717) is 5.71 Å². The molecule has 4 heteroatoms. The van der Waals surface area contributed by atoms with Crippen molar-refractivity contribution in [2.24, 2.45) is 5.10 Å². The first-order chi connectivity index (χ1) is 11.3. The standard InChI is InChI=1S/C19H16N2O2/c1-14-12-13-23-18(14)19(22)21-20-17(15-8-4-2-5-9-15)16-10-6-3-7-11-16/h2-13H,1H3,(H,21,22). The molecular formula is C19H16N2O2. The van der Waals surface area contributed by atoms with Crippen LogP contribution in [-0.2, 0) is 0 Å². The largest absolute Gasteiger partial charge is 0.459 e. The molecule has 3 rings (SSSR count). The van der Waals surface area contributed by atoms with E-state index in [1.54, 1.807) is 6.07 Å². The Labute approximate surface area is 134 Å². The molecule has 0 unspecified atom stereocenters. The van der Waals surface area contributed by atoms with Crippen molar-refractivity contribution in [1.82, 2.24) is 5.43 Å². The van der Waals surface area contributed by atoms with Crippen LogP contribution in [0.4, 0.5) is 0 Å². The molecule has 1 amide bonds. The van der Waals surface area contributed by atoms with Crippen molar-refractivity contribution in [3.63, 3.8) is 0 Å². The summed E-state index contributed by atoms with van der Waals surface area (Å²) in [5.41, 5.74) is 5.90. The Kier molecular flexibility index (Phi) is 4.34. The molecule has 0 fully saturated rings. The van der Waals surface area contributed by atoms with Crippen LogP contribution in [0.15, 0.2) is 82.5 Å². The number of furan rings is 1. The fourth-order valence-electron chi connectivity index (χ4n) is 2.25. The van der Waals surface area contributed by atoms with Crippen molar-refractivity contribution in [2.45, 2.75) is 6.92 Å². The van der Waals surface area contributed by atoms with Gasteiger partial charge in [-0.25, -0.2) is 5.43 Å². The molecule has 0 aliphatic carbocycles. The lowest BCUT2D eigenvalue weighted by Gasteiger charge is -2.07. The number of carbonyl (C=O) groups excluding carboxylic acids is 1. The summed E-state index contributed by atoms with van der Waals surface area (Å²) in [6.07, 6.45) is 1.49. The lowest BCUT2D eigenvalue weighted by Crippen LogP contribution is -2.20. The first kappa shape index (κ1) is 14.8. The molecule has 3 aromatic rings. The van der Waals surface area contributed by atoms with Crippen molar-refractivity contribution in [1.29, 1.82) is 0 Å². The van der Waals surface area contributed by atoms with Crippen molar-refractivity contribution < 1.29 is 9.21 Å². The predicted octanol–water partition coefficient (Wildman–Crippen LogP) is 3.77. The quantitative estimate of drug-likeness (QED) is 0.589. The molecule has 114 valence electrons. The maximum Gasteiger partial charge on any atom is 0.307 e. The molecule has 2 aromatic carbocycles. The molecule has 0 atom stereocenters. The predicted molar refractivity (Wildman–Crippen MR) is 89.4 cm³/mol. The van der Waals surface area contributed by atoms with Gasteiger partial charge in [0, 0.05) is 16.7 Å². The molecule has 4 nitrogen and oxygen atoms in total. The third-order valence-electron chi connectivity index (χ3n) is 3.43. The van der Waals surface area contributed by atoms with E-state index < -0.39 is 0 Å². The molecule has 0 bridgehead atoms. The van der Waals surface area contributed by atoms with Crippen molar-refractivity contribution in [3.8, 4) is 0 Å². The molecule has 1 heterocycles. The van der Waals surface area contributed by atoms with E-state index >= 15 is 0 Å². The Morgan fingerprint density at radius 2 is 1.48 bits per heavy atom. The van der Waals surface area contributed by atoms with Gasteiger partial charge in [-0.1, -0.05) is 60.7 Å². The van der Waals surface area contributed by atoms with Gasteiger partial charge in [0.15, 0.2) is 5.76 Å². The summed E-state index contributed by atoms with van der Waals surface area (Å²) < 4.78 is 5.19. The number of benzene rings is 2. The first-order valence-corrected chi connectivity index (χ1v) is 7.28. The summed E-state index contributed by atoms with van der Waals surface area (Å²) in [5.74, 6) is -0.0916. The van der Waals surface area contributed by atoms with Gasteiger partial charge in [-0.3, -0.25) is 4.79 Å². The summed E-state index contributed by atoms with van der Waals surface area (Å²) >= 11 is 0. The maximum atomic E-state index is 12.2. The van der Waals surface area contributed by atoms with Gasteiger partial charge in [-0.2, -0.15) is 5.10 Å². The Morgan fingerprint density at radius 1 is 0.913 bits per heavy atom. The smallest absolute Gasteiger partial charge is 0.307 e. The first-order valence-electron chi connectivity index (χ1n) is 7.28.